The molecule has 0 aromatic heterocycles. The highest BCUT2D eigenvalue weighted by molar-refractivity contribution is 9.10. The maximum absolute atomic E-state index is 13.9. The molecule has 4 bridgehead atoms. The van der Waals surface area contributed by atoms with E-state index in [2.05, 4.69) is 57.6 Å². The first kappa shape index (κ1) is 19.9. The highest BCUT2D eigenvalue weighted by atomic mass is 79.9. The van der Waals surface area contributed by atoms with Gasteiger partial charge in [0, 0.05) is 10.0 Å². The molecule has 0 spiro atoms. The minimum Gasteiger partial charge on any atom is -0.273 e. The average Bonchev–Trinajstić information content (AvgIpc) is 2.70. The molecule has 1 N–H and O–H groups in total. The molecule has 6 rings (SSSR count). The second-order valence-corrected chi connectivity index (χ2v) is 10.7. The lowest BCUT2D eigenvalue weighted by Crippen LogP contribution is -2.58. The van der Waals surface area contributed by atoms with Gasteiger partial charge < -0.3 is 0 Å². The summed E-state index contributed by atoms with van der Waals surface area (Å²) in [6, 6.07) is 13.6. The van der Waals surface area contributed by atoms with Gasteiger partial charge in [-0.15, -0.1) is 0 Å². The van der Waals surface area contributed by atoms with Crippen molar-refractivity contribution in [2.24, 2.45) is 22.4 Å². The fraction of sp³-hybridized carbons (Fsp3) is 0.440. The maximum atomic E-state index is 13.9. The Labute approximate surface area is 185 Å². The molecule has 2 aromatic rings. The SMILES string of the molecule is Cc1ccc(C23CC4CC(CC(C(=O)N/N=C/c5cc(Br)ccc5F)(C4)C2)C3)cc1. The van der Waals surface area contributed by atoms with E-state index in [9.17, 15) is 9.18 Å². The lowest BCUT2D eigenvalue weighted by atomic mass is 9.42. The topological polar surface area (TPSA) is 41.5 Å². The third-order valence-corrected chi connectivity index (χ3v) is 8.03. The predicted molar refractivity (Wildman–Crippen MR) is 120 cm³/mol. The molecular formula is C25H26BrFN2O. The number of carbonyl (C=O) groups is 1. The molecule has 4 aliphatic carbocycles. The van der Waals surface area contributed by atoms with Gasteiger partial charge in [-0.2, -0.15) is 5.10 Å². The third-order valence-electron chi connectivity index (χ3n) is 7.53. The number of halogens is 2. The van der Waals surface area contributed by atoms with Crippen molar-refractivity contribution in [1.82, 2.24) is 5.43 Å². The molecule has 0 aliphatic heterocycles. The first-order valence-corrected chi connectivity index (χ1v) is 11.5. The van der Waals surface area contributed by atoms with Gasteiger partial charge >= 0.3 is 0 Å². The van der Waals surface area contributed by atoms with Crippen molar-refractivity contribution in [2.75, 3.05) is 0 Å². The molecule has 2 aromatic carbocycles. The molecule has 30 heavy (non-hydrogen) atoms. The minimum atomic E-state index is -0.359. The van der Waals surface area contributed by atoms with Gasteiger partial charge in [-0.25, -0.2) is 9.82 Å². The lowest BCUT2D eigenvalue weighted by Gasteiger charge is -2.61. The summed E-state index contributed by atoms with van der Waals surface area (Å²) in [6.45, 7) is 2.12. The first-order valence-electron chi connectivity index (χ1n) is 10.7. The highest BCUT2D eigenvalue weighted by Crippen LogP contribution is 2.65. The largest absolute Gasteiger partial charge is 0.273 e. The number of hydrogen-bond acceptors (Lipinski definition) is 2. The molecule has 3 nitrogen and oxygen atoms in total. The smallest absolute Gasteiger partial charge is 0.246 e. The Hall–Kier alpha value is -2.01. The summed E-state index contributed by atoms with van der Waals surface area (Å²) in [5.41, 5.74) is 5.52. The molecule has 4 aliphatic rings. The summed E-state index contributed by atoms with van der Waals surface area (Å²) in [6.07, 6.45) is 7.81. The van der Waals surface area contributed by atoms with Gasteiger partial charge in [0.1, 0.15) is 5.82 Å². The van der Waals surface area contributed by atoms with Gasteiger partial charge in [-0.3, -0.25) is 4.79 Å². The summed E-state index contributed by atoms with van der Waals surface area (Å²) in [7, 11) is 0. The number of amides is 1. The molecule has 2 unspecified atom stereocenters. The maximum Gasteiger partial charge on any atom is 0.246 e. The third kappa shape index (κ3) is 3.41. The van der Waals surface area contributed by atoms with Crippen LogP contribution in [0.1, 0.15) is 55.2 Å². The Balaban J connectivity index is 1.38. The molecule has 0 radical (unpaired) electrons. The standard InChI is InChI=1S/C25H26BrFN2O/c1-16-2-4-20(5-3-16)24-10-17-8-18(11-24)13-25(12-17,15-24)23(30)29-28-14-19-9-21(26)6-7-22(19)27/h2-7,9,14,17-18H,8,10-13,15H2,1H3,(H,29,30)/b28-14+. The van der Waals surface area contributed by atoms with Crippen LogP contribution < -0.4 is 5.43 Å². The van der Waals surface area contributed by atoms with E-state index in [0.29, 0.717) is 17.4 Å². The van der Waals surface area contributed by atoms with Crippen molar-refractivity contribution in [3.8, 4) is 0 Å². The zero-order valence-corrected chi connectivity index (χ0v) is 18.7. The summed E-state index contributed by atoms with van der Waals surface area (Å²) in [5, 5.41) is 4.12. The second-order valence-electron chi connectivity index (χ2n) is 9.75. The van der Waals surface area contributed by atoms with Crippen LogP contribution in [0.15, 0.2) is 52.0 Å². The van der Waals surface area contributed by atoms with E-state index >= 15 is 0 Å². The Morgan fingerprint density at radius 1 is 1.13 bits per heavy atom. The summed E-state index contributed by atoms with van der Waals surface area (Å²) in [5.74, 6) is 0.846. The van der Waals surface area contributed by atoms with Crippen molar-refractivity contribution in [2.45, 2.75) is 50.9 Å². The van der Waals surface area contributed by atoms with Crippen LogP contribution >= 0.6 is 15.9 Å². The van der Waals surface area contributed by atoms with E-state index in [0.717, 1.165) is 23.7 Å². The molecule has 2 atom stereocenters. The number of benzene rings is 2. The fourth-order valence-corrected chi connectivity index (χ4v) is 7.04. The van der Waals surface area contributed by atoms with Crippen molar-refractivity contribution in [3.05, 3.63) is 69.4 Å². The molecule has 0 heterocycles. The number of nitrogens with zero attached hydrogens (tertiary/aromatic N) is 1. The normalized spacial score (nSPS) is 32.0. The Morgan fingerprint density at radius 3 is 2.53 bits per heavy atom. The van der Waals surface area contributed by atoms with E-state index in [1.807, 2.05) is 0 Å². The van der Waals surface area contributed by atoms with Gasteiger partial charge in [0.05, 0.1) is 11.6 Å². The Bertz CT molecular complexity index is 1000. The van der Waals surface area contributed by atoms with Crippen LogP contribution in [0.4, 0.5) is 4.39 Å². The molecule has 1 amide bonds. The summed E-state index contributed by atoms with van der Waals surface area (Å²) < 4.78 is 14.7. The Morgan fingerprint density at radius 2 is 1.83 bits per heavy atom. The minimum absolute atomic E-state index is 0.000239. The molecule has 4 fully saturated rings. The summed E-state index contributed by atoms with van der Waals surface area (Å²) in [4.78, 5) is 13.3. The van der Waals surface area contributed by atoms with Gasteiger partial charge in [-0.05, 0) is 86.5 Å². The number of hydrazone groups is 1. The molecular weight excluding hydrogens is 443 g/mol. The van der Waals surface area contributed by atoms with Crippen LogP contribution in [-0.2, 0) is 10.2 Å². The lowest BCUT2D eigenvalue weighted by molar-refractivity contribution is -0.149. The van der Waals surface area contributed by atoms with Crippen molar-refractivity contribution in [3.63, 3.8) is 0 Å². The molecule has 4 saturated carbocycles. The zero-order valence-electron chi connectivity index (χ0n) is 17.1. The van der Waals surface area contributed by atoms with E-state index in [-0.39, 0.29) is 22.6 Å². The van der Waals surface area contributed by atoms with E-state index in [4.69, 9.17) is 0 Å². The molecule has 0 saturated heterocycles. The van der Waals surface area contributed by atoms with Crippen LogP contribution in [0.5, 0.6) is 0 Å². The van der Waals surface area contributed by atoms with Crippen LogP contribution in [0.2, 0.25) is 0 Å². The summed E-state index contributed by atoms with van der Waals surface area (Å²) >= 11 is 3.34. The highest BCUT2D eigenvalue weighted by Gasteiger charge is 2.60. The van der Waals surface area contributed by atoms with Gasteiger partial charge in [0.2, 0.25) is 5.91 Å². The number of aryl methyl sites for hydroxylation is 1. The molecule has 5 heteroatoms. The molecule has 156 valence electrons. The average molecular weight is 469 g/mol. The van der Waals surface area contributed by atoms with Gasteiger partial charge in [0.15, 0.2) is 0 Å². The predicted octanol–water partition coefficient (Wildman–Crippen LogP) is 5.88. The number of carbonyl (C=O) groups excluding carboxylic acids is 1. The van der Waals surface area contributed by atoms with Crippen molar-refractivity contribution < 1.29 is 9.18 Å². The van der Waals surface area contributed by atoms with Gasteiger partial charge in [0.25, 0.3) is 0 Å². The fourth-order valence-electron chi connectivity index (χ4n) is 6.67. The van der Waals surface area contributed by atoms with Crippen LogP contribution in [0.3, 0.4) is 0 Å². The van der Waals surface area contributed by atoms with Gasteiger partial charge in [-0.1, -0.05) is 45.8 Å². The number of hydrogen-bond donors (Lipinski definition) is 1. The zero-order chi connectivity index (χ0) is 20.9. The van der Waals surface area contributed by atoms with Crippen LogP contribution in [0, 0.1) is 30.0 Å². The van der Waals surface area contributed by atoms with E-state index in [1.165, 1.54) is 42.7 Å². The van der Waals surface area contributed by atoms with E-state index in [1.54, 1.807) is 12.1 Å². The second kappa shape index (κ2) is 7.30. The Kier molecular flexibility index (Phi) is 4.85. The van der Waals surface area contributed by atoms with Crippen molar-refractivity contribution in [1.29, 1.82) is 0 Å². The van der Waals surface area contributed by atoms with Crippen LogP contribution in [0.25, 0.3) is 0 Å². The first-order chi connectivity index (χ1) is 14.4. The number of rotatable bonds is 4. The quantitative estimate of drug-likeness (QED) is 0.441. The van der Waals surface area contributed by atoms with E-state index < -0.39 is 0 Å². The number of nitrogens with one attached hydrogen (secondary N) is 1. The van der Waals surface area contributed by atoms with Crippen molar-refractivity contribution >= 4 is 28.1 Å². The van der Waals surface area contributed by atoms with Crippen LogP contribution in [-0.4, -0.2) is 12.1 Å². The monoisotopic (exact) mass is 468 g/mol.